The van der Waals surface area contributed by atoms with Crippen molar-refractivity contribution in [2.75, 3.05) is 14.2 Å². The molecule has 3 aromatic carbocycles. The third-order valence-corrected chi connectivity index (χ3v) is 6.95. The van der Waals surface area contributed by atoms with E-state index in [1.165, 1.54) is 38.5 Å². The summed E-state index contributed by atoms with van der Waals surface area (Å²) in [6.45, 7) is 0. The van der Waals surface area contributed by atoms with E-state index in [0.29, 0.717) is 5.56 Å². The maximum absolute atomic E-state index is 13.3. The summed E-state index contributed by atoms with van der Waals surface area (Å²) in [5, 5.41) is 20.3. The molecular formula is C29H15Cl4N3O6. The highest BCUT2D eigenvalue weighted by atomic mass is 35.5. The lowest BCUT2D eigenvalue weighted by molar-refractivity contribution is 0.0714. The predicted molar refractivity (Wildman–Crippen MR) is 155 cm³/mol. The van der Waals surface area contributed by atoms with Crippen LogP contribution in [0.15, 0.2) is 54.6 Å². The van der Waals surface area contributed by atoms with Gasteiger partial charge in [0.05, 0.1) is 34.3 Å². The first kappa shape index (κ1) is 30.4. The molecule has 0 unspecified atom stereocenters. The van der Waals surface area contributed by atoms with E-state index in [0.717, 1.165) is 0 Å². The third-order valence-electron chi connectivity index (χ3n) is 5.73. The third kappa shape index (κ3) is 5.78. The standard InChI is InChI=1S/C29H15Cl4N3O6/c1-39-24-19(32)10-8-17(30)22(24)28(37)41-26-15(12-34)21(14-6-4-3-5-7-14)16(13-35)27(36-26)42-29(38)23-18(31)9-11-20(33)25(23)40-2/h3-11H,1-2H3. The first-order valence-corrected chi connectivity index (χ1v) is 13.1. The van der Waals surface area contributed by atoms with Gasteiger partial charge in [-0.1, -0.05) is 76.7 Å². The number of hydrogen-bond acceptors (Lipinski definition) is 9. The van der Waals surface area contributed by atoms with Crippen molar-refractivity contribution >= 4 is 58.3 Å². The van der Waals surface area contributed by atoms with Gasteiger partial charge in [0.2, 0.25) is 11.8 Å². The Kier molecular flexibility index (Phi) is 9.41. The highest BCUT2D eigenvalue weighted by molar-refractivity contribution is 6.37. The zero-order chi connectivity index (χ0) is 30.6. The Morgan fingerprint density at radius 2 is 1.07 bits per heavy atom. The molecule has 0 aliphatic heterocycles. The average molecular weight is 643 g/mol. The molecule has 0 saturated carbocycles. The van der Waals surface area contributed by atoms with Crippen molar-refractivity contribution in [2.24, 2.45) is 0 Å². The van der Waals surface area contributed by atoms with Crippen LogP contribution in [0.1, 0.15) is 31.8 Å². The molecule has 1 aromatic heterocycles. The number of aromatic nitrogens is 1. The molecule has 4 aromatic rings. The molecule has 1 heterocycles. The van der Waals surface area contributed by atoms with Crippen molar-refractivity contribution in [1.29, 1.82) is 10.5 Å². The van der Waals surface area contributed by atoms with Gasteiger partial charge in [-0.25, -0.2) is 9.59 Å². The van der Waals surface area contributed by atoms with Gasteiger partial charge >= 0.3 is 11.9 Å². The quantitative estimate of drug-likeness (QED) is 0.187. The highest BCUT2D eigenvalue weighted by Gasteiger charge is 2.30. The van der Waals surface area contributed by atoms with Crippen LogP contribution in [0.5, 0.6) is 23.3 Å². The molecule has 13 heteroatoms. The molecule has 0 saturated heterocycles. The fraction of sp³-hybridized carbons (Fsp3) is 0.0690. The van der Waals surface area contributed by atoms with Gasteiger partial charge in [-0.15, -0.1) is 0 Å². The number of rotatable bonds is 7. The first-order valence-electron chi connectivity index (χ1n) is 11.6. The van der Waals surface area contributed by atoms with E-state index in [1.807, 2.05) is 12.1 Å². The van der Waals surface area contributed by atoms with Gasteiger partial charge in [0.25, 0.3) is 0 Å². The summed E-state index contributed by atoms with van der Waals surface area (Å²) >= 11 is 24.8. The molecule has 0 radical (unpaired) electrons. The number of carbonyl (C=O) groups is 2. The number of methoxy groups -OCH3 is 2. The van der Waals surface area contributed by atoms with Crippen molar-refractivity contribution in [3.05, 3.63) is 96.9 Å². The summed E-state index contributed by atoms with van der Waals surface area (Å²) in [6.07, 6.45) is 0. The number of halogens is 4. The van der Waals surface area contributed by atoms with Crippen molar-refractivity contribution in [2.45, 2.75) is 0 Å². The second kappa shape index (κ2) is 13.0. The van der Waals surface area contributed by atoms with Crippen molar-refractivity contribution < 1.29 is 28.5 Å². The van der Waals surface area contributed by atoms with Gasteiger partial charge in [-0.05, 0) is 29.8 Å². The Labute approximate surface area is 259 Å². The Morgan fingerprint density at radius 3 is 1.45 bits per heavy atom. The average Bonchev–Trinajstić information content (AvgIpc) is 2.98. The topological polar surface area (TPSA) is 132 Å². The maximum Gasteiger partial charge on any atom is 0.350 e. The molecule has 9 nitrogen and oxygen atoms in total. The van der Waals surface area contributed by atoms with E-state index in [-0.39, 0.29) is 59.4 Å². The summed E-state index contributed by atoms with van der Waals surface area (Å²) in [5.74, 6) is -3.54. The number of benzene rings is 3. The number of nitrogens with zero attached hydrogens (tertiary/aromatic N) is 3. The second-order valence-electron chi connectivity index (χ2n) is 8.09. The van der Waals surface area contributed by atoms with E-state index in [2.05, 4.69) is 4.98 Å². The SMILES string of the molecule is COc1c(Cl)ccc(Cl)c1C(=O)Oc1nc(OC(=O)c2c(Cl)ccc(Cl)c2OC)c(C#N)c(-c2ccccc2)c1C#N. The van der Waals surface area contributed by atoms with E-state index < -0.39 is 23.7 Å². The van der Waals surface area contributed by atoms with Crippen LogP contribution < -0.4 is 18.9 Å². The first-order chi connectivity index (χ1) is 20.2. The molecule has 0 bridgehead atoms. The van der Waals surface area contributed by atoms with Crippen LogP contribution >= 0.6 is 46.4 Å². The molecule has 0 aliphatic carbocycles. The van der Waals surface area contributed by atoms with Crippen LogP contribution in [0.4, 0.5) is 0 Å². The molecule has 210 valence electrons. The van der Waals surface area contributed by atoms with Gasteiger partial charge in [0.1, 0.15) is 34.4 Å². The van der Waals surface area contributed by atoms with Crippen molar-refractivity contribution in [3.8, 4) is 46.5 Å². The zero-order valence-electron chi connectivity index (χ0n) is 21.5. The van der Waals surface area contributed by atoms with Crippen LogP contribution in [0.25, 0.3) is 11.1 Å². The van der Waals surface area contributed by atoms with E-state index in [9.17, 15) is 20.1 Å². The lowest BCUT2D eigenvalue weighted by Gasteiger charge is -2.16. The van der Waals surface area contributed by atoms with Crippen molar-refractivity contribution in [1.82, 2.24) is 4.98 Å². The molecule has 42 heavy (non-hydrogen) atoms. The van der Waals surface area contributed by atoms with Crippen LogP contribution in [0.3, 0.4) is 0 Å². The van der Waals surface area contributed by atoms with E-state index in [1.54, 1.807) is 30.3 Å². The van der Waals surface area contributed by atoms with Crippen LogP contribution in [0.2, 0.25) is 20.1 Å². The fourth-order valence-corrected chi connectivity index (χ4v) is 4.84. The number of hydrogen-bond donors (Lipinski definition) is 0. The molecule has 0 atom stereocenters. The highest BCUT2D eigenvalue weighted by Crippen LogP contribution is 2.40. The summed E-state index contributed by atoms with van der Waals surface area (Å²) in [7, 11) is 2.55. The lowest BCUT2D eigenvalue weighted by Crippen LogP contribution is -2.17. The summed E-state index contributed by atoms with van der Waals surface area (Å²) in [6, 6.07) is 17.6. The van der Waals surface area contributed by atoms with Gasteiger partial charge in [0, 0.05) is 5.56 Å². The van der Waals surface area contributed by atoms with Crippen LogP contribution in [-0.2, 0) is 0 Å². The minimum atomic E-state index is -1.09. The van der Waals surface area contributed by atoms with Crippen LogP contribution in [0, 0.1) is 22.7 Å². The molecular weight excluding hydrogens is 628 g/mol. The number of pyridine rings is 1. The molecule has 0 spiro atoms. The van der Waals surface area contributed by atoms with Gasteiger partial charge in [-0.2, -0.15) is 15.5 Å². The van der Waals surface area contributed by atoms with Gasteiger partial charge in [-0.3, -0.25) is 0 Å². The minimum absolute atomic E-state index is 0.0190. The largest absolute Gasteiger partial charge is 0.494 e. The predicted octanol–water partition coefficient (Wildman–Crippen LogP) is 7.56. The normalized spacial score (nSPS) is 10.3. The molecule has 0 amide bonds. The van der Waals surface area contributed by atoms with Gasteiger partial charge in [0.15, 0.2) is 11.5 Å². The smallest absolute Gasteiger partial charge is 0.350 e. The zero-order valence-corrected chi connectivity index (χ0v) is 24.5. The molecule has 4 rings (SSSR count). The Bertz CT molecular complexity index is 1710. The Hall–Kier alpha value is -4.51. The van der Waals surface area contributed by atoms with Gasteiger partial charge < -0.3 is 18.9 Å². The number of esters is 2. The molecule has 0 fully saturated rings. The lowest BCUT2D eigenvalue weighted by atomic mass is 9.97. The summed E-state index contributed by atoms with van der Waals surface area (Å²) in [4.78, 5) is 30.8. The Morgan fingerprint density at radius 1 is 0.667 bits per heavy atom. The fourth-order valence-electron chi connectivity index (χ4n) is 3.92. The Balaban J connectivity index is 1.94. The van der Waals surface area contributed by atoms with Crippen LogP contribution in [-0.4, -0.2) is 31.1 Å². The molecule has 0 aliphatic rings. The molecule has 0 N–H and O–H groups in total. The number of ether oxygens (including phenoxy) is 4. The monoisotopic (exact) mass is 641 g/mol. The minimum Gasteiger partial charge on any atom is -0.494 e. The summed E-state index contributed by atoms with van der Waals surface area (Å²) in [5.41, 5.74) is -0.773. The van der Waals surface area contributed by atoms with E-state index >= 15 is 0 Å². The second-order valence-corrected chi connectivity index (χ2v) is 9.72. The van der Waals surface area contributed by atoms with E-state index in [4.69, 9.17) is 65.4 Å². The maximum atomic E-state index is 13.3. The number of nitriles is 2. The van der Waals surface area contributed by atoms with Crippen molar-refractivity contribution in [3.63, 3.8) is 0 Å². The summed E-state index contributed by atoms with van der Waals surface area (Å²) < 4.78 is 21.5. The number of carbonyl (C=O) groups excluding carboxylic acids is 2.